The number of carbonyl (C=O) groups excluding carboxylic acids is 1. The smallest absolute Gasteiger partial charge is 0.338 e. The summed E-state index contributed by atoms with van der Waals surface area (Å²) in [6.07, 6.45) is 0. The number of aryl methyl sites for hydroxylation is 3. The monoisotopic (exact) mass is 455 g/mol. The molecule has 0 saturated heterocycles. The standard InChI is InChI=1S/C24H25NO4S2/c1-16-5-7-19(13-18(16)3)15-30-21-10-8-20(9-11-21)25-31(27,28)22-12-6-17(2)23(14-22)24(26)29-4/h5-14,25H,15H2,1-4H3. The van der Waals surface area contributed by atoms with Crippen LogP contribution in [0.3, 0.4) is 0 Å². The van der Waals surface area contributed by atoms with Crippen molar-refractivity contribution in [2.45, 2.75) is 36.3 Å². The van der Waals surface area contributed by atoms with Crippen molar-refractivity contribution in [3.63, 3.8) is 0 Å². The molecular weight excluding hydrogens is 430 g/mol. The molecule has 0 bridgehead atoms. The molecule has 0 aromatic heterocycles. The number of benzene rings is 3. The van der Waals surface area contributed by atoms with E-state index in [-0.39, 0.29) is 10.5 Å². The average molecular weight is 456 g/mol. The number of carbonyl (C=O) groups is 1. The molecule has 1 N–H and O–H groups in total. The highest BCUT2D eigenvalue weighted by molar-refractivity contribution is 7.98. The lowest BCUT2D eigenvalue weighted by Gasteiger charge is -2.11. The molecule has 0 aliphatic heterocycles. The summed E-state index contributed by atoms with van der Waals surface area (Å²) in [5, 5.41) is 0. The van der Waals surface area contributed by atoms with Gasteiger partial charge in [-0.05, 0) is 79.4 Å². The number of methoxy groups -OCH3 is 1. The predicted octanol–water partition coefficient (Wildman–Crippen LogP) is 5.49. The van der Waals surface area contributed by atoms with Crippen molar-refractivity contribution in [1.82, 2.24) is 0 Å². The summed E-state index contributed by atoms with van der Waals surface area (Å²) in [6, 6.07) is 18.1. The Kier molecular flexibility index (Phi) is 7.08. The molecular formula is C24H25NO4S2. The van der Waals surface area contributed by atoms with E-state index < -0.39 is 16.0 Å². The third-order valence-corrected chi connectivity index (χ3v) is 7.47. The van der Waals surface area contributed by atoms with Crippen LogP contribution < -0.4 is 4.72 Å². The fourth-order valence-corrected chi connectivity index (χ4v) is 4.92. The molecule has 0 fully saturated rings. The van der Waals surface area contributed by atoms with Crippen LogP contribution in [0, 0.1) is 20.8 Å². The molecule has 0 amide bonds. The van der Waals surface area contributed by atoms with Crippen LogP contribution in [0.2, 0.25) is 0 Å². The second kappa shape index (κ2) is 9.58. The van der Waals surface area contributed by atoms with E-state index in [4.69, 9.17) is 4.74 Å². The van der Waals surface area contributed by atoms with Crippen molar-refractivity contribution in [2.75, 3.05) is 11.8 Å². The lowest BCUT2D eigenvalue weighted by Crippen LogP contribution is -2.14. The Morgan fingerprint density at radius 3 is 2.23 bits per heavy atom. The Balaban J connectivity index is 1.70. The number of ether oxygens (including phenoxy) is 1. The number of esters is 1. The van der Waals surface area contributed by atoms with Gasteiger partial charge < -0.3 is 4.74 Å². The normalized spacial score (nSPS) is 11.2. The van der Waals surface area contributed by atoms with Crippen molar-refractivity contribution < 1.29 is 17.9 Å². The SMILES string of the molecule is COC(=O)c1cc(S(=O)(=O)Nc2ccc(SCc3ccc(C)c(C)c3)cc2)ccc1C. The number of hydrogen-bond acceptors (Lipinski definition) is 5. The summed E-state index contributed by atoms with van der Waals surface area (Å²) < 4.78 is 32.8. The van der Waals surface area contributed by atoms with E-state index in [1.54, 1.807) is 36.9 Å². The Labute approximate surface area is 187 Å². The number of hydrogen-bond donors (Lipinski definition) is 1. The van der Waals surface area contributed by atoms with Crippen LogP contribution in [0.5, 0.6) is 0 Å². The first-order chi connectivity index (χ1) is 14.7. The van der Waals surface area contributed by atoms with Gasteiger partial charge >= 0.3 is 5.97 Å². The maximum atomic E-state index is 12.8. The summed E-state index contributed by atoms with van der Waals surface area (Å²) in [6.45, 7) is 5.93. The van der Waals surface area contributed by atoms with Gasteiger partial charge in [0.05, 0.1) is 17.6 Å². The average Bonchev–Trinajstić information content (AvgIpc) is 2.75. The Morgan fingerprint density at radius 1 is 0.903 bits per heavy atom. The number of anilines is 1. The van der Waals surface area contributed by atoms with Crippen molar-refractivity contribution in [2.24, 2.45) is 0 Å². The zero-order valence-corrected chi connectivity index (χ0v) is 19.6. The summed E-state index contributed by atoms with van der Waals surface area (Å²) in [5.41, 5.74) is 5.13. The van der Waals surface area contributed by atoms with Crippen LogP contribution in [0.25, 0.3) is 0 Å². The highest BCUT2D eigenvalue weighted by atomic mass is 32.2. The van der Waals surface area contributed by atoms with Crippen LogP contribution in [0.15, 0.2) is 70.5 Å². The van der Waals surface area contributed by atoms with Gasteiger partial charge in [0.25, 0.3) is 10.0 Å². The summed E-state index contributed by atoms with van der Waals surface area (Å²) in [4.78, 5) is 12.9. The molecule has 5 nitrogen and oxygen atoms in total. The van der Waals surface area contributed by atoms with Gasteiger partial charge in [0.2, 0.25) is 0 Å². The van der Waals surface area contributed by atoms with E-state index in [9.17, 15) is 13.2 Å². The zero-order chi connectivity index (χ0) is 22.6. The van der Waals surface area contributed by atoms with Crippen molar-refractivity contribution in [3.05, 3.63) is 88.5 Å². The number of nitrogens with one attached hydrogen (secondary N) is 1. The molecule has 3 rings (SSSR count). The first kappa shape index (κ1) is 22.9. The molecule has 0 saturated carbocycles. The fourth-order valence-electron chi connectivity index (χ4n) is 2.99. The largest absolute Gasteiger partial charge is 0.465 e. The van der Waals surface area contributed by atoms with E-state index in [2.05, 4.69) is 36.8 Å². The van der Waals surface area contributed by atoms with E-state index in [1.807, 2.05) is 12.1 Å². The number of thioether (sulfide) groups is 1. The van der Waals surface area contributed by atoms with Gasteiger partial charge in [-0.25, -0.2) is 13.2 Å². The van der Waals surface area contributed by atoms with Crippen molar-refractivity contribution in [1.29, 1.82) is 0 Å². The van der Waals surface area contributed by atoms with Crippen molar-refractivity contribution >= 4 is 33.4 Å². The van der Waals surface area contributed by atoms with E-state index in [0.717, 1.165) is 10.6 Å². The second-order valence-corrected chi connectivity index (χ2v) is 10.0. The van der Waals surface area contributed by atoms with Gasteiger partial charge in [-0.3, -0.25) is 4.72 Å². The molecule has 0 spiro atoms. The maximum absolute atomic E-state index is 12.8. The van der Waals surface area contributed by atoms with Gasteiger partial charge in [0.1, 0.15) is 0 Å². The third-order valence-electron chi connectivity index (χ3n) is 5.01. The molecule has 162 valence electrons. The lowest BCUT2D eigenvalue weighted by atomic mass is 10.1. The molecule has 3 aromatic carbocycles. The Hall–Kier alpha value is -2.77. The Bertz CT molecular complexity index is 1200. The summed E-state index contributed by atoms with van der Waals surface area (Å²) in [5.74, 6) is 0.269. The predicted molar refractivity (Wildman–Crippen MR) is 125 cm³/mol. The van der Waals surface area contributed by atoms with Crippen molar-refractivity contribution in [3.8, 4) is 0 Å². The highest BCUT2D eigenvalue weighted by Crippen LogP contribution is 2.26. The van der Waals surface area contributed by atoms with Crippen LogP contribution in [0.4, 0.5) is 5.69 Å². The van der Waals surface area contributed by atoms with Gasteiger partial charge in [0, 0.05) is 16.3 Å². The summed E-state index contributed by atoms with van der Waals surface area (Å²) in [7, 11) is -2.57. The minimum absolute atomic E-state index is 0.00620. The number of rotatable bonds is 7. The molecule has 0 heterocycles. The fraction of sp³-hybridized carbons (Fsp3) is 0.208. The van der Waals surface area contributed by atoms with E-state index in [1.165, 1.54) is 35.9 Å². The first-order valence-electron chi connectivity index (χ1n) is 9.70. The van der Waals surface area contributed by atoms with Crippen LogP contribution >= 0.6 is 11.8 Å². The van der Waals surface area contributed by atoms with Crippen LogP contribution in [0.1, 0.15) is 32.6 Å². The van der Waals surface area contributed by atoms with E-state index >= 15 is 0 Å². The van der Waals surface area contributed by atoms with Crippen LogP contribution in [-0.4, -0.2) is 21.5 Å². The molecule has 0 radical (unpaired) electrons. The molecule has 3 aromatic rings. The topological polar surface area (TPSA) is 72.5 Å². The maximum Gasteiger partial charge on any atom is 0.338 e. The second-order valence-electron chi connectivity index (χ2n) is 7.31. The van der Waals surface area contributed by atoms with Crippen LogP contribution in [-0.2, 0) is 20.5 Å². The molecule has 0 unspecified atom stereocenters. The van der Waals surface area contributed by atoms with Gasteiger partial charge in [-0.15, -0.1) is 11.8 Å². The first-order valence-corrected chi connectivity index (χ1v) is 12.2. The minimum Gasteiger partial charge on any atom is -0.465 e. The zero-order valence-electron chi connectivity index (χ0n) is 17.9. The lowest BCUT2D eigenvalue weighted by molar-refractivity contribution is 0.0599. The molecule has 31 heavy (non-hydrogen) atoms. The third kappa shape index (κ3) is 5.68. The van der Waals surface area contributed by atoms with Gasteiger partial charge in [-0.2, -0.15) is 0 Å². The Morgan fingerprint density at radius 2 is 1.58 bits per heavy atom. The van der Waals surface area contributed by atoms with Gasteiger partial charge in [0.15, 0.2) is 0 Å². The highest BCUT2D eigenvalue weighted by Gasteiger charge is 2.18. The minimum atomic E-state index is -3.84. The molecule has 0 aliphatic rings. The summed E-state index contributed by atoms with van der Waals surface area (Å²) >= 11 is 1.69. The van der Waals surface area contributed by atoms with Gasteiger partial charge in [-0.1, -0.05) is 24.3 Å². The quantitative estimate of drug-likeness (QED) is 0.377. The molecule has 7 heteroatoms. The van der Waals surface area contributed by atoms with E-state index in [0.29, 0.717) is 11.3 Å². The number of sulfonamides is 1. The molecule has 0 atom stereocenters. The molecule has 0 aliphatic carbocycles.